The molecular weight excluding hydrogens is 260 g/mol. The van der Waals surface area contributed by atoms with Crippen molar-refractivity contribution in [2.45, 2.75) is 31.8 Å². The number of carboxylic acids is 1. The molecule has 0 aliphatic heterocycles. The molecule has 4 heteroatoms. The van der Waals surface area contributed by atoms with E-state index in [1.54, 1.807) is 11.8 Å². The van der Waals surface area contributed by atoms with Gasteiger partial charge >= 0.3 is 5.97 Å². The molecule has 0 aliphatic rings. The maximum absolute atomic E-state index is 11.3. The third-order valence-electron chi connectivity index (χ3n) is 3.32. The number of fused-ring (bicyclic) bond motifs is 1. The lowest BCUT2D eigenvalue weighted by Crippen LogP contribution is -2.07. The Bertz CT molecular complexity index is 586. The van der Waals surface area contributed by atoms with Gasteiger partial charge in [-0.25, -0.2) is 4.79 Å². The molecule has 3 nitrogen and oxygen atoms in total. The van der Waals surface area contributed by atoms with Crippen molar-refractivity contribution >= 4 is 28.7 Å². The zero-order chi connectivity index (χ0) is 14.0. The van der Waals surface area contributed by atoms with E-state index >= 15 is 0 Å². The first-order chi connectivity index (χ1) is 9.00. The van der Waals surface area contributed by atoms with Crippen LogP contribution in [-0.4, -0.2) is 16.3 Å². The topological polar surface area (TPSA) is 50.4 Å². The van der Waals surface area contributed by atoms with Gasteiger partial charge in [0, 0.05) is 22.0 Å². The minimum absolute atomic E-state index is 0.0738. The van der Waals surface area contributed by atoms with E-state index < -0.39 is 5.97 Å². The van der Waals surface area contributed by atoms with Gasteiger partial charge in [-0.15, -0.1) is 0 Å². The summed E-state index contributed by atoms with van der Waals surface area (Å²) in [7, 11) is 0. The average Bonchev–Trinajstić information content (AvgIpc) is 2.74. The maximum atomic E-state index is 11.3. The van der Waals surface area contributed by atoms with E-state index in [2.05, 4.69) is 20.8 Å². The summed E-state index contributed by atoms with van der Waals surface area (Å²) in [6.45, 7) is 6.50. The molecule has 0 saturated carbocycles. The Labute approximate surface area is 117 Å². The number of furan rings is 1. The van der Waals surface area contributed by atoms with Crippen molar-refractivity contribution < 1.29 is 14.3 Å². The Morgan fingerprint density at radius 2 is 2.00 bits per heavy atom. The van der Waals surface area contributed by atoms with Crippen LogP contribution in [0.4, 0.5) is 0 Å². The van der Waals surface area contributed by atoms with Gasteiger partial charge in [-0.3, -0.25) is 0 Å². The van der Waals surface area contributed by atoms with E-state index in [4.69, 9.17) is 4.42 Å². The molecule has 0 fully saturated rings. The summed E-state index contributed by atoms with van der Waals surface area (Å²) in [6, 6.07) is 7.48. The second-order valence-corrected chi connectivity index (χ2v) is 6.34. The van der Waals surface area contributed by atoms with Gasteiger partial charge in [0.1, 0.15) is 5.58 Å². The molecule has 0 radical (unpaired) electrons. The number of aromatic carboxylic acids is 1. The minimum Gasteiger partial charge on any atom is -0.475 e. The number of thioether (sulfide) groups is 1. The number of rotatable bonds is 5. The van der Waals surface area contributed by atoms with Crippen molar-refractivity contribution in [3.63, 3.8) is 0 Å². The highest BCUT2D eigenvalue weighted by atomic mass is 32.2. The predicted molar refractivity (Wildman–Crippen MR) is 78.8 cm³/mol. The number of hydrogen-bond donors (Lipinski definition) is 1. The number of benzene rings is 1. The Morgan fingerprint density at radius 3 is 2.63 bits per heavy atom. The molecule has 1 unspecified atom stereocenters. The molecule has 1 aromatic carbocycles. The van der Waals surface area contributed by atoms with Crippen LogP contribution in [0.15, 0.2) is 28.7 Å². The lowest BCUT2D eigenvalue weighted by Gasteiger charge is -2.14. The van der Waals surface area contributed by atoms with Crippen molar-refractivity contribution in [1.82, 2.24) is 0 Å². The SMILES string of the molecule is CC(C)C(C)SCc1c(C(=O)O)oc2ccccc12. The van der Waals surface area contributed by atoms with Crippen molar-refractivity contribution in [2.75, 3.05) is 0 Å². The average molecular weight is 278 g/mol. The number of carbonyl (C=O) groups is 1. The van der Waals surface area contributed by atoms with Gasteiger partial charge < -0.3 is 9.52 Å². The lowest BCUT2D eigenvalue weighted by atomic mass is 10.1. The quantitative estimate of drug-likeness (QED) is 0.880. The van der Waals surface area contributed by atoms with E-state index in [1.807, 2.05) is 24.3 Å². The predicted octanol–water partition coefficient (Wildman–Crippen LogP) is 4.41. The van der Waals surface area contributed by atoms with Gasteiger partial charge in [0.2, 0.25) is 5.76 Å². The fraction of sp³-hybridized carbons (Fsp3) is 0.400. The molecule has 0 bridgehead atoms. The van der Waals surface area contributed by atoms with Crippen LogP contribution in [0.5, 0.6) is 0 Å². The van der Waals surface area contributed by atoms with Crippen LogP contribution in [0.1, 0.15) is 36.9 Å². The van der Waals surface area contributed by atoms with Crippen molar-refractivity contribution in [3.05, 3.63) is 35.6 Å². The number of hydrogen-bond acceptors (Lipinski definition) is 3. The fourth-order valence-corrected chi connectivity index (χ4v) is 2.92. The molecule has 1 aromatic heterocycles. The summed E-state index contributed by atoms with van der Waals surface area (Å²) < 4.78 is 5.44. The van der Waals surface area contributed by atoms with Crippen LogP contribution >= 0.6 is 11.8 Å². The molecule has 0 amide bonds. The summed E-state index contributed by atoms with van der Waals surface area (Å²) in [6.07, 6.45) is 0. The zero-order valence-electron chi connectivity index (χ0n) is 11.3. The smallest absolute Gasteiger partial charge is 0.372 e. The van der Waals surface area contributed by atoms with Crippen LogP contribution < -0.4 is 0 Å². The molecule has 0 aliphatic carbocycles. The Kier molecular flexibility index (Phi) is 4.20. The molecular formula is C15H18O3S. The number of para-hydroxylation sites is 1. The molecule has 102 valence electrons. The van der Waals surface area contributed by atoms with Crippen LogP contribution in [0.2, 0.25) is 0 Å². The van der Waals surface area contributed by atoms with Gasteiger partial charge in [0.05, 0.1) is 0 Å². The van der Waals surface area contributed by atoms with Crippen molar-refractivity contribution in [2.24, 2.45) is 5.92 Å². The van der Waals surface area contributed by atoms with Gasteiger partial charge in [-0.2, -0.15) is 11.8 Å². The molecule has 2 aromatic rings. The Morgan fingerprint density at radius 1 is 1.32 bits per heavy atom. The largest absolute Gasteiger partial charge is 0.475 e. The van der Waals surface area contributed by atoms with Crippen LogP contribution in [0.3, 0.4) is 0 Å². The third kappa shape index (κ3) is 2.95. The van der Waals surface area contributed by atoms with E-state index in [0.29, 0.717) is 22.5 Å². The summed E-state index contributed by atoms with van der Waals surface area (Å²) in [5.41, 5.74) is 1.44. The molecule has 19 heavy (non-hydrogen) atoms. The summed E-state index contributed by atoms with van der Waals surface area (Å²) in [4.78, 5) is 11.3. The highest BCUT2D eigenvalue weighted by Crippen LogP contribution is 2.32. The highest BCUT2D eigenvalue weighted by molar-refractivity contribution is 7.99. The van der Waals surface area contributed by atoms with Crippen LogP contribution in [0.25, 0.3) is 11.0 Å². The molecule has 0 spiro atoms. The standard InChI is InChI=1S/C15H18O3S/c1-9(2)10(3)19-8-12-11-6-4-5-7-13(11)18-14(12)15(16)17/h4-7,9-10H,8H2,1-3H3,(H,16,17). The zero-order valence-corrected chi connectivity index (χ0v) is 12.2. The van der Waals surface area contributed by atoms with Gasteiger partial charge in [0.15, 0.2) is 0 Å². The molecule has 1 heterocycles. The second kappa shape index (κ2) is 5.70. The molecule has 1 N–H and O–H groups in total. The lowest BCUT2D eigenvalue weighted by molar-refractivity contribution is 0.0664. The summed E-state index contributed by atoms with van der Waals surface area (Å²) in [5.74, 6) is 0.308. The molecule has 0 saturated heterocycles. The second-order valence-electron chi connectivity index (χ2n) is 4.97. The van der Waals surface area contributed by atoms with Crippen molar-refractivity contribution in [3.8, 4) is 0 Å². The van der Waals surface area contributed by atoms with E-state index in [1.165, 1.54) is 0 Å². The van der Waals surface area contributed by atoms with Gasteiger partial charge in [-0.1, -0.05) is 39.0 Å². The van der Waals surface area contributed by atoms with E-state index in [0.717, 1.165) is 10.9 Å². The Hall–Kier alpha value is -1.42. The molecule has 2 rings (SSSR count). The molecule has 1 atom stereocenters. The summed E-state index contributed by atoms with van der Waals surface area (Å²) >= 11 is 1.77. The highest BCUT2D eigenvalue weighted by Gasteiger charge is 2.20. The maximum Gasteiger partial charge on any atom is 0.372 e. The van der Waals surface area contributed by atoms with E-state index in [9.17, 15) is 9.90 Å². The first-order valence-corrected chi connectivity index (χ1v) is 7.41. The first kappa shape index (κ1) is 14.0. The number of carboxylic acid groups (broad SMARTS) is 1. The van der Waals surface area contributed by atoms with Gasteiger partial charge in [-0.05, 0) is 12.0 Å². The normalized spacial score (nSPS) is 13.1. The van der Waals surface area contributed by atoms with Gasteiger partial charge in [0.25, 0.3) is 0 Å². The fourth-order valence-electron chi connectivity index (χ4n) is 1.82. The first-order valence-electron chi connectivity index (χ1n) is 6.36. The third-order valence-corrected chi connectivity index (χ3v) is 4.85. The van der Waals surface area contributed by atoms with Crippen LogP contribution in [0, 0.1) is 5.92 Å². The van der Waals surface area contributed by atoms with E-state index in [-0.39, 0.29) is 5.76 Å². The summed E-state index contributed by atoms with van der Waals surface area (Å²) in [5, 5.41) is 10.6. The minimum atomic E-state index is -0.996. The Balaban J connectivity index is 2.34. The van der Waals surface area contributed by atoms with Crippen molar-refractivity contribution in [1.29, 1.82) is 0 Å². The monoisotopic (exact) mass is 278 g/mol. The van der Waals surface area contributed by atoms with Crippen LogP contribution in [-0.2, 0) is 5.75 Å².